The smallest absolute Gasteiger partial charge is 0.254 e. The number of primary amides is 1. The zero-order valence-electron chi connectivity index (χ0n) is 13.6. The average Bonchev–Trinajstić information content (AvgIpc) is 2.54. The molecule has 3 amide bonds. The average molecular weight is 343 g/mol. The van der Waals surface area contributed by atoms with E-state index in [4.69, 9.17) is 5.73 Å². The molecule has 0 spiro atoms. The van der Waals surface area contributed by atoms with Crippen LogP contribution >= 0.6 is 0 Å². The highest BCUT2D eigenvalue weighted by atomic mass is 19.1. The van der Waals surface area contributed by atoms with Crippen molar-refractivity contribution < 1.29 is 18.8 Å². The molecule has 0 saturated carbocycles. The molecule has 0 aromatic heterocycles. The van der Waals surface area contributed by atoms with E-state index < -0.39 is 23.7 Å². The summed E-state index contributed by atoms with van der Waals surface area (Å²) in [6, 6.07) is 11.1. The van der Waals surface area contributed by atoms with E-state index >= 15 is 0 Å². The van der Waals surface area contributed by atoms with Crippen LogP contribution in [-0.4, -0.2) is 23.8 Å². The van der Waals surface area contributed by atoms with Crippen LogP contribution in [0.2, 0.25) is 0 Å². The Morgan fingerprint density at radius 1 is 1.12 bits per heavy atom. The van der Waals surface area contributed by atoms with Crippen molar-refractivity contribution in [1.82, 2.24) is 5.32 Å². The summed E-state index contributed by atoms with van der Waals surface area (Å²) in [5, 5.41) is 5.08. The minimum absolute atomic E-state index is 0.0567. The standard InChI is InChI=1S/C18H18FN3O3/c1-11(23)21-15-8-3-2-7-14(15)18(25)22-16(17(20)24)10-12-5-4-6-13(19)9-12/h2-9,16H,10H2,1H3,(H2,20,24)(H,21,23)(H,22,25)/t16-/m0/s1. The van der Waals surface area contributed by atoms with E-state index in [9.17, 15) is 18.8 Å². The van der Waals surface area contributed by atoms with E-state index in [0.717, 1.165) is 0 Å². The summed E-state index contributed by atoms with van der Waals surface area (Å²) in [6.07, 6.45) is 0.0567. The zero-order chi connectivity index (χ0) is 18.4. The van der Waals surface area contributed by atoms with Gasteiger partial charge in [0.2, 0.25) is 11.8 Å². The van der Waals surface area contributed by atoms with E-state index in [1.807, 2.05) is 0 Å². The highest BCUT2D eigenvalue weighted by molar-refractivity contribution is 6.04. The summed E-state index contributed by atoms with van der Waals surface area (Å²) in [4.78, 5) is 35.4. The topological polar surface area (TPSA) is 101 Å². The lowest BCUT2D eigenvalue weighted by Crippen LogP contribution is -2.46. The summed E-state index contributed by atoms with van der Waals surface area (Å²) in [5.41, 5.74) is 6.40. The molecular formula is C18H18FN3O3. The molecule has 0 unspecified atom stereocenters. The Morgan fingerprint density at radius 2 is 1.84 bits per heavy atom. The van der Waals surface area contributed by atoms with Crippen LogP contribution in [0.15, 0.2) is 48.5 Å². The second-order valence-electron chi connectivity index (χ2n) is 5.49. The van der Waals surface area contributed by atoms with Gasteiger partial charge in [0.1, 0.15) is 11.9 Å². The van der Waals surface area contributed by atoms with Crippen LogP contribution in [0.1, 0.15) is 22.8 Å². The molecular weight excluding hydrogens is 325 g/mol. The van der Waals surface area contributed by atoms with Gasteiger partial charge in [-0.1, -0.05) is 24.3 Å². The predicted molar refractivity (Wildman–Crippen MR) is 91.3 cm³/mol. The Labute approximate surface area is 144 Å². The molecule has 0 aliphatic carbocycles. The fourth-order valence-electron chi connectivity index (χ4n) is 2.34. The molecule has 4 N–H and O–H groups in total. The molecule has 130 valence electrons. The highest BCUT2D eigenvalue weighted by Crippen LogP contribution is 2.15. The Bertz CT molecular complexity index is 808. The molecule has 0 fully saturated rings. The normalized spacial score (nSPS) is 11.4. The minimum atomic E-state index is -1.01. The third kappa shape index (κ3) is 5.13. The number of para-hydroxylation sites is 1. The molecule has 0 bridgehead atoms. The van der Waals surface area contributed by atoms with Gasteiger partial charge in [-0.2, -0.15) is 0 Å². The molecule has 0 radical (unpaired) electrons. The van der Waals surface area contributed by atoms with Crippen molar-refractivity contribution in [2.45, 2.75) is 19.4 Å². The Morgan fingerprint density at radius 3 is 2.48 bits per heavy atom. The molecule has 6 nitrogen and oxygen atoms in total. The monoisotopic (exact) mass is 343 g/mol. The molecule has 1 atom stereocenters. The zero-order valence-corrected chi connectivity index (χ0v) is 13.6. The van der Waals surface area contributed by atoms with Crippen molar-refractivity contribution in [2.75, 3.05) is 5.32 Å². The van der Waals surface area contributed by atoms with Gasteiger partial charge < -0.3 is 16.4 Å². The highest BCUT2D eigenvalue weighted by Gasteiger charge is 2.21. The largest absolute Gasteiger partial charge is 0.368 e. The molecule has 0 saturated heterocycles. The molecule has 0 aliphatic rings. The second kappa shape index (κ2) is 8.05. The van der Waals surface area contributed by atoms with Crippen LogP contribution in [0.4, 0.5) is 10.1 Å². The van der Waals surface area contributed by atoms with E-state index in [1.165, 1.54) is 31.2 Å². The van der Waals surface area contributed by atoms with Crippen molar-refractivity contribution in [3.05, 3.63) is 65.5 Å². The summed E-state index contributed by atoms with van der Waals surface area (Å²) >= 11 is 0. The van der Waals surface area contributed by atoms with E-state index in [2.05, 4.69) is 10.6 Å². The number of benzene rings is 2. The minimum Gasteiger partial charge on any atom is -0.368 e. The number of carbonyl (C=O) groups is 3. The van der Waals surface area contributed by atoms with Crippen LogP contribution in [0.3, 0.4) is 0 Å². The first-order chi connectivity index (χ1) is 11.9. The Kier molecular flexibility index (Phi) is 5.84. The first-order valence-electron chi connectivity index (χ1n) is 7.58. The molecule has 7 heteroatoms. The molecule has 2 aromatic carbocycles. The number of amides is 3. The quantitative estimate of drug-likeness (QED) is 0.743. The van der Waals surface area contributed by atoms with Crippen LogP contribution in [-0.2, 0) is 16.0 Å². The van der Waals surface area contributed by atoms with Crippen molar-refractivity contribution in [2.24, 2.45) is 5.73 Å². The number of halogens is 1. The maximum atomic E-state index is 13.3. The third-order valence-corrected chi connectivity index (χ3v) is 3.46. The maximum Gasteiger partial charge on any atom is 0.254 e. The van der Waals surface area contributed by atoms with Crippen molar-refractivity contribution in [3.63, 3.8) is 0 Å². The summed E-state index contributed by atoms with van der Waals surface area (Å²) < 4.78 is 13.3. The number of rotatable bonds is 6. The van der Waals surface area contributed by atoms with Crippen molar-refractivity contribution >= 4 is 23.4 Å². The lowest BCUT2D eigenvalue weighted by atomic mass is 10.0. The summed E-state index contributed by atoms with van der Waals surface area (Å²) in [6.45, 7) is 1.32. The number of nitrogens with one attached hydrogen (secondary N) is 2. The van der Waals surface area contributed by atoms with Crippen molar-refractivity contribution in [1.29, 1.82) is 0 Å². The Balaban J connectivity index is 2.18. The third-order valence-electron chi connectivity index (χ3n) is 3.46. The molecule has 2 aromatic rings. The number of hydrogen-bond donors (Lipinski definition) is 3. The van der Waals surface area contributed by atoms with Crippen LogP contribution in [0.25, 0.3) is 0 Å². The number of anilines is 1. The van der Waals surface area contributed by atoms with Crippen LogP contribution < -0.4 is 16.4 Å². The SMILES string of the molecule is CC(=O)Nc1ccccc1C(=O)N[C@@H](Cc1cccc(F)c1)C(N)=O. The van der Waals surface area contributed by atoms with Gasteiger partial charge >= 0.3 is 0 Å². The molecule has 2 rings (SSSR count). The van der Waals surface area contributed by atoms with Gasteiger partial charge in [-0.3, -0.25) is 14.4 Å². The lowest BCUT2D eigenvalue weighted by molar-refractivity contribution is -0.119. The Hall–Kier alpha value is -3.22. The number of carbonyl (C=O) groups excluding carboxylic acids is 3. The maximum absolute atomic E-state index is 13.3. The second-order valence-corrected chi connectivity index (χ2v) is 5.49. The van der Waals surface area contributed by atoms with Gasteiger partial charge in [-0.15, -0.1) is 0 Å². The van der Waals surface area contributed by atoms with Gasteiger partial charge in [0.15, 0.2) is 0 Å². The van der Waals surface area contributed by atoms with E-state index in [0.29, 0.717) is 11.3 Å². The van der Waals surface area contributed by atoms with E-state index in [-0.39, 0.29) is 17.9 Å². The van der Waals surface area contributed by atoms with Gasteiger partial charge in [0.25, 0.3) is 5.91 Å². The fraction of sp³-hybridized carbons (Fsp3) is 0.167. The fourth-order valence-corrected chi connectivity index (χ4v) is 2.34. The molecule has 0 heterocycles. The van der Waals surface area contributed by atoms with Crippen LogP contribution in [0, 0.1) is 5.82 Å². The van der Waals surface area contributed by atoms with Crippen LogP contribution in [0.5, 0.6) is 0 Å². The van der Waals surface area contributed by atoms with E-state index in [1.54, 1.807) is 24.3 Å². The number of hydrogen-bond acceptors (Lipinski definition) is 3. The number of nitrogens with two attached hydrogens (primary N) is 1. The van der Waals surface area contributed by atoms with Gasteiger partial charge in [0, 0.05) is 13.3 Å². The van der Waals surface area contributed by atoms with Gasteiger partial charge in [-0.25, -0.2) is 4.39 Å². The van der Waals surface area contributed by atoms with Gasteiger partial charge in [-0.05, 0) is 29.8 Å². The van der Waals surface area contributed by atoms with Crippen molar-refractivity contribution in [3.8, 4) is 0 Å². The predicted octanol–water partition coefficient (Wildman–Crippen LogP) is 1.61. The first-order valence-corrected chi connectivity index (χ1v) is 7.58. The summed E-state index contributed by atoms with van der Waals surface area (Å²) in [7, 11) is 0. The summed E-state index contributed by atoms with van der Waals surface area (Å²) in [5.74, 6) is -2.08. The first kappa shape index (κ1) is 18.1. The molecule has 25 heavy (non-hydrogen) atoms. The van der Waals surface area contributed by atoms with Gasteiger partial charge in [0.05, 0.1) is 11.3 Å². The lowest BCUT2D eigenvalue weighted by Gasteiger charge is -2.17. The molecule has 0 aliphatic heterocycles.